The third-order valence-electron chi connectivity index (χ3n) is 5.18. The van der Waals surface area contributed by atoms with Crippen LogP contribution in [0.15, 0.2) is 0 Å². The van der Waals surface area contributed by atoms with Crippen LogP contribution in [0.1, 0.15) is 92.9 Å². The van der Waals surface area contributed by atoms with Gasteiger partial charge in [-0.2, -0.15) is 0 Å². The number of carbonyl (C=O) groups is 1. The molecule has 0 saturated carbocycles. The van der Waals surface area contributed by atoms with E-state index in [9.17, 15) is 4.79 Å². The SMILES string of the molecule is CCCCC(CC)CNC(C)CC1CCCCN1C(=O)OC(C)(C)C. The van der Waals surface area contributed by atoms with Crippen LogP contribution in [-0.4, -0.2) is 41.8 Å². The first-order valence-electron chi connectivity index (χ1n) is 10.5. The number of hydrogen-bond donors (Lipinski definition) is 1. The van der Waals surface area contributed by atoms with Gasteiger partial charge in [0.15, 0.2) is 0 Å². The number of nitrogens with zero attached hydrogens (tertiary/aromatic N) is 1. The molecule has 1 heterocycles. The molecule has 25 heavy (non-hydrogen) atoms. The summed E-state index contributed by atoms with van der Waals surface area (Å²) in [5.74, 6) is 0.774. The maximum absolute atomic E-state index is 12.5. The summed E-state index contributed by atoms with van der Waals surface area (Å²) >= 11 is 0. The molecule has 0 spiro atoms. The van der Waals surface area contributed by atoms with Gasteiger partial charge in [-0.1, -0.05) is 33.1 Å². The van der Waals surface area contributed by atoms with Crippen molar-refractivity contribution < 1.29 is 9.53 Å². The topological polar surface area (TPSA) is 41.6 Å². The Balaban J connectivity index is 2.49. The van der Waals surface area contributed by atoms with Crippen molar-refractivity contribution in [1.29, 1.82) is 0 Å². The predicted octanol–water partition coefficient (Wildman–Crippen LogP) is 5.36. The molecular weight excluding hydrogens is 312 g/mol. The lowest BCUT2D eigenvalue weighted by molar-refractivity contribution is 0.00786. The summed E-state index contributed by atoms with van der Waals surface area (Å²) in [5, 5.41) is 3.72. The summed E-state index contributed by atoms with van der Waals surface area (Å²) in [4.78, 5) is 14.5. The van der Waals surface area contributed by atoms with E-state index in [-0.39, 0.29) is 6.09 Å². The zero-order valence-electron chi connectivity index (χ0n) is 17.6. The largest absolute Gasteiger partial charge is 0.444 e. The predicted molar refractivity (Wildman–Crippen MR) is 106 cm³/mol. The minimum atomic E-state index is -0.420. The van der Waals surface area contributed by atoms with Crippen LogP contribution in [-0.2, 0) is 4.74 Å². The first-order valence-corrected chi connectivity index (χ1v) is 10.5. The van der Waals surface area contributed by atoms with Gasteiger partial charge in [0, 0.05) is 18.6 Å². The Morgan fingerprint density at radius 1 is 1.28 bits per heavy atom. The maximum atomic E-state index is 12.5. The van der Waals surface area contributed by atoms with Gasteiger partial charge in [-0.25, -0.2) is 4.79 Å². The highest BCUT2D eigenvalue weighted by atomic mass is 16.6. The summed E-state index contributed by atoms with van der Waals surface area (Å²) < 4.78 is 5.62. The maximum Gasteiger partial charge on any atom is 0.410 e. The highest BCUT2D eigenvalue weighted by Crippen LogP contribution is 2.23. The molecule has 1 N–H and O–H groups in total. The minimum Gasteiger partial charge on any atom is -0.444 e. The van der Waals surface area contributed by atoms with E-state index in [1.54, 1.807) is 0 Å². The lowest BCUT2D eigenvalue weighted by Gasteiger charge is -2.38. The number of nitrogens with one attached hydrogen (secondary N) is 1. The highest BCUT2D eigenvalue weighted by Gasteiger charge is 2.31. The number of piperidine rings is 1. The number of hydrogen-bond acceptors (Lipinski definition) is 3. The summed E-state index contributed by atoms with van der Waals surface area (Å²) in [7, 11) is 0. The van der Waals surface area contributed by atoms with E-state index in [1.165, 1.54) is 32.1 Å². The molecule has 3 atom stereocenters. The molecule has 0 radical (unpaired) electrons. The summed E-state index contributed by atoms with van der Waals surface area (Å²) in [5.41, 5.74) is -0.420. The molecule has 0 aliphatic carbocycles. The summed E-state index contributed by atoms with van der Waals surface area (Å²) in [6, 6.07) is 0.741. The normalized spacial score (nSPS) is 21.0. The molecule has 1 rings (SSSR count). The molecule has 0 bridgehead atoms. The molecule has 0 aromatic carbocycles. The summed E-state index contributed by atoms with van der Waals surface area (Å²) in [6.07, 6.45) is 9.44. The van der Waals surface area contributed by atoms with Crippen molar-refractivity contribution in [3.8, 4) is 0 Å². The Morgan fingerprint density at radius 2 is 2.00 bits per heavy atom. The number of likely N-dealkylation sites (tertiary alicyclic amines) is 1. The van der Waals surface area contributed by atoms with Crippen molar-refractivity contribution in [2.45, 2.75) is 111 Å². The lowest BCUT2D eigenvalue weighted by atomic mass is 9.95. The van der Waals surface area contributed by atoms with Gasteiger partial charge in [0.05, 0.1) is 0 Å². The number of ether oxygens (including phenoxy) is 1. The number of rotatable bonds is 9. The zero-order valence-corrected chi connectivity index (χ0v) is 17.6. The third kappa shape index (κ3) is 8.94. The van der Waals surface area contributed by atoms with Gasteiger partial charge in [-0.15, -0.1) is 0 Å². The fourth-order valence-corrected chi connectivity index (χ4v) is 3.61. The van der Waals surface area contributed by atoms with E-state index in [0.717, 1.165) is 38.3 Å². The van der Waals surface area contributed by atoms with Crippen molar-refractivity contribution in [3.63, 3.8) is 0 Å². The average molecular weight is 355 g/mol. The molecule has 0 aromatic rings. The zero-order chi connectivity index (χ0) is 18.9. The van der Waals surface area contributed by atoms with Gasteiger partial charge >= 0.3 is 6.09 Å². The summed E-state index contributed by atoms with van der Waals surface area (Å²) in [6.45, 7) is 14.6. The van der Waals surface area contributed by atoms with E-state index in [1.807, 2.05) is 25.7 Å². The highest BCUT2D eigenvalue weighted by molar-refractivity contribution is 5.68. The molecular formula is C21H42N2O2. The standard InChI is InChI=1S/C21H42N2O2/c1-7-9-12-18(8-2)16-22-17(3)15-19-13-10-11-14-23(19)20(24)25-21(4,5)6/h17-19,22H,7-16H2,1-6H3. The van der Waals surface area contributed by atoms with Crippen molar-refractivity contribution >= 4 is 6.09 Å². The molecule has 1 fully saturated rings. The van der Waals surface area contributed by atoms with Crippen LogP contribution >= 0.6 is 0 Å². The van der Waals surface area contributed by atoms with Crippen LogP contribution in [0.25, 0.3) is 0 Å². The van der Waals surface area contributed by atoms with Gasteiger partial charge in [0.2, 0.25) is 0 Å². The number of unbranched alkanes of at least 4 members (excludes halogenated alkanes) is 1. The molecule has 148 valence electrons. The van der Waals surface area contributed by atoms with E-state index in [0.29, 0.717) is 12.1 Å². The lowest BCUT2D eigenvalue weighted by Crippen LogP contribution is -2.48. The first kappa shape index (κ1) is 22.3. The van der Waals surface area contributed by atoms with E-state index in [4.69, 9.17) is 4.74 Å². The monoisotopic (exact) mass is 354 g/mol. The second kappa shape index (κ2) is 11.1. The Hall–Kier alpha value is -0.770. The molecule has 1 saturated heterocycles. The smallest absolute Gasteiger partial charge is 0.410 e. The second-order valence-corrected chi connectivity index (χ2v) is 8.78. The van der Waals surface area contributed by atoms with Crippen molar-refractivity contribution in [2.75, 3.05) is 13.1 Å². The van der Waals surface area contributed by atoms with Crippen LogP contribution in [0.5, 0.6) is 0 Å². The molecule has 1 aliphatic rings. The first-order chi connectivity index (χ1) is 11.8. The van der Waals surface area contributed by atoms with Gasteiger partial charge in [-0.3, -0.25) is 0 Å². The average Bonchev–Trinajstić information content (AvgIpc) is 2.54. The van der Waals surface area contributed by atoms with Crippen LogP contribution in [0.3, 0.4) is 0 Å². The molecule has 0 aromatic heterocycles. The van der Waals surface area contributed by atoms with Crippen molar-refractivity contribution in [3.05, 3.63) is 0 Å². The fourth-order valence-electron chi connectivity index (χ4n) is 3.61. The van der Waals surface area contributed by atoms with Gasteiger partial charge in [0.25, 0.3) is 0 Å². The van der Waals surface area contributed by atoms with Crippen molar-refractivity contribution in [1.82, 2.24) is 10.2 Å². The van der Waals surface area contributed by atoms with Crippen LogP contribution in [0, 0.1) is 5.92 Å². The second-order valence-electron chi connectivity index (χ2n) is 8.78. The van der Waals surface area contributed by atoms with Crippen LogP contribution in [0.4, 0.5) is 4.79 Å². The number of amides is 1. The molecule has 1 aliphatic heterocycles. The quantitative estimate of drug-likeness (QED) is 0.606. The fraction of sp³-hybridized carbons (Fsp3) is 0.952. The van der Waals surface area contributed by atoms with E-state index in [2.05, 4.69) is 26.1 Å². The van der Waals surface area contributed by atoms with Crippen LogP contribution in [0.2, 0.25) is 0 Å². The van der Waals surface area contributed by atoms with Gasteiger partial charge < -0.3 is 15.0 Å². The van der Waals surface area contributed by atoms with Crippen LogP contribution < -0.4 is 5.32 Å². The Bertz CT molecular complexity index is 379. The van der Waals surface area contributed by atoms with Crippen molar-refractivity contribution in [2.24, 2.45) is 5.92 Å². The van der Waals surface area contributed by atoms with E-state index >= 15 is 0 Å². The third-order valence-corrected chi connectivity index (χ3v) is 5.18. The number of carbonyl (C=O) groups excluding carboxylic acids is 1. The molecule has 4 nitrogen and oxygen atoms in total. The molecule has 4 heteroatoms. The van der Waals surface area contributed by atoms with Gasteiger partial charge in [0.1, 0.15) is 5.60 Å². The Kier molecular flexibility index (Phi) is 9.84. The Labute approximate surface area is 156 Å². The Morgan fingerprint density at radius 3 is 2.60 bits per heavy atom. The van der Waals surface area contributed by atoms with Gasteiger partial charge in [-0.05, 0) is 72.3 Å². The molecule has 1 amide bonds. The minimum absolute atomic E-state index is 0.140. The molecule has 3 unspecified atom stereocenters. The van der Waals surface area contributed by atoms with E-state index < -0.39 is 5.60 Å².